The van der Waals surface area contributed by atoms with Crippen LogP contribution in [-0.4, -0.2) is 106 Å². The van der Waals surface area contributed by atoms with Gasteiger partial charge in [-0.1, -0.05) is 0 Å². The van der Waals surface area contributed by atoms with Crippen molar-refractivity contribution >= 4 is 41.5 Å². The first-order chi connectivity index (χ1) is 17.5. The molecule has 16 heteroatoms. The number of aliphatic carboxylic acids is 1. The Morgan fingerprint density at radius 3 is 2.41 bits per heavy atom. The molecular weight excluding hydrogens is 492 g/mol. The van der Waals surface area contributed by atoms with Crippen LogP contribution < -0.4 is 32.7 Å². The van der Waals surface area contributed by atoms with Crippen molar-refractivity contribution in [2.45, 2.75) is 74.8 Å². The van der Waals surface area contributed by atoms with E-state index in [1.165, 1.54) is 4.90 Å². The van der Waals surface area contributed by atoms with Crippen LogP contribution in [0.2, 0.25) is 0 Å². The van der Waals surface area contributed by atoms with Gasteiger partial charge in [-0.2, -0.15) is 0 Å². The van der Waals surface area contributed by atoms with Gasteiger partial charge in [0.2, 0.25) is 29.5 Å². The number of hydrogen-bond acceptors (Lipinski definition) is 8. The van der Waals surface area contributed by atoms with E-state index in [0.29, 0.717) is 12.8 Å². The summed E-state index contributed by atoms with van der Waals surface area (Å²) in [6.45, 7) is -0.423. The van der Waals surface area contributed by atoms with Gasteiger partial charge in [0.1, 0.15) is 24.2 Å². The van der Waals surface area contributed by atoms with Gasteiger partial charge in [0.25, 0.3) is 0 Å². The number of aliphatic hydroxyl groups is 1. The number of piperidine rings is 1. The first-order valence-corrected chi connectivity index (χ1v) is 11.9. The van der Waals surface area contributed by atoms with Gasteiger partial charge in [-0.3, -0.25) is 33.8 Å². The summed E-state index contributed by atoms with van der Waals surface area (Å²) in [5, 5.41) is 29.3. The third-order valence-electron chi connectivity index (χ3n) is 6.55. The van der Waals surface area contributed by atoms with E-state index in [-0.39, 0.29) is 31.8 Å². The Morgan fingerprint density at radius 1 is 1.00 bits per heavy atom. The third-order valence-corrected chi connectivity index (χ3v) is 6.55. The number of nitrogens with one attached hydrogen (secondary N) is 4. The molecule has 3 aliphatic heterocycles. The molecule has 3 saturated heterocycles. The molecule has 0 spiro atoms. The molecule has 1 unspecified atom stereocenters. The number of aliphatic hydroxyl groups excluding tert-OH is 1. The van der Waals surface area contributed by atoms with Crippen molar-refractivity contribution in [2.24, 2.45) is 16.5 Å². The summed E-state index contributed by atoms with van der Waals surface area (Å²) in [5.74, 6) is -5.40. The highest BCUT2D eigenvalue weighted by Crippen LogP contribution is 2.33. The summed E-state index contributed by atoms with van der Waals surface area (Å²) in [6.07, 6.45) is -0.860. The van der Waals surface area contributed by atoms with Crippen molar-refractivity contribution in [1.82, 2.24) is 26.2 Å². The summed E-state index contributed by atoms with van der Waals surface area (Å²) in [7, 11) is 0. The highest BCUT2D eigenvalue weighted by atomic mass is 16.4. The van der Waals surface area contributed by atoms with Crippen LogP contribution in [0.3, 0.4) is 0 Å². The maximum atomic E-state index is 13.3. The largest absolute Gasteiger partial charge is 0.481 e. The van der Waals surface area contributed by atoms with Crippen molar-refractivity contribution in [3.8, 4) is 0 Å². The second-order valence-electron chi connectivity index (χ2n) is 9.23. The highest BCUT2D eigenvalue weighted by molar-refractivity contribution is 5.98. The van der Waals surface area contributed by atoms with Crippen LogP contribution in [-0.2, 0) is 28.8 Å². The smallest absolute Gasteiger partial charge is 0.305 e. The van der Waals surface area contributed by atoms with Crippen molar-refractivity contribution in [3.05, 3.63) is 0 Å². The Kier molecular flexibility index (Phi) is 8.86. The van der Waals surface area contributed by atoms with Crippen LogP contribution in [0.25, 0.3) is 0 Å². The normalized spacial score (nSPS) is 30.7. The predicted octanol–water partition coefficient (Wildman–Crippen LogP) is -4.78. The molecule has 3 fully saturated rings. The Balaban J connectivity index is 1.89. The minimum atomic E-state index is -1.57. The second-order valence-corrected chi connectivity index (χ2v) is 9.23. The lowest BCUT2D eigenvalue weighted by Crippen LogP contribution is -2.65. The number of fused-ring (bicyclic) bond motifs is 1. The highest BCUT2D eigenvalue weighted by Gasteiger charge is 2.50. The molecular formula is C21H32N8O8. The maximum absolute atomic E-state index is 13.3. The zero-order valence-electron chi connectivity index (χ0n) is 20.0. The lowest BCUT2D eigenvalue weighted by molar-refractivity contribution is -0.152. The molecule has 0 radical (unpaired) electrons. The molecule has 0 aliphatic carbocycles. The van der Waals surface area contributed by atoms with Crippen LogP contribution >= 0.6 is 0 Å². The summed E-state index contributed by atoms with van der Waals surface area (Å²) in [5.41, 5.74) is 10.6. The number of carboxylic acid groups (broad SMARTS) is 1. The molecule has 2 bridgehead atoms. The second kappa shape index (κ2) is 11.9. The maximum Gasteiger partial charge on any atom is 0.305 e. The topological polar surface area (TPSA) is 259 Å². The summed E-state index contributed by atoms with van der Waals surface area (Å²) in [4.78, 5) is 81.0. The van der Waals surface area contributed by atoms with Gasteiger partial charge in [-0.05, 0) is 32.1 Å². The average Bonchev–Trinajstić information content (AvgIpc) is 3.24. The Hall–Kier alpha value is -3.95. The summed E-state index contributed by atoms with van der Waals surface area (Å²) < 4.78 is 0. The summed E-state index contributed by atoms with van der Waals surface area (Å²) >= 11 is 0. The number of carbonyl (C=O) groups is 6. The molecule has 0 aromatic rings. The van der Waals surface area contributed by atoms with E-state index in [0.717, 1.165) is 0 Å². The molecule has 6 atom stereocenters. The molecule has 37 heavy (non-hydrogen) atoms. The number of nitrogens with zero attached hydrogens (tertiary/aromatic N) is 2. The number of hydrogen-bond donors (Lipinski definition) is 8. The monoisotopic (exact) mass is 524 g/mol. The third kappa shape index (κ3) is 6.84. The van der Waals surface area contributed by atoms with Gasteiger partial charge in [-0.25, -0.2) is 0 Å². The first-order valence-electron chi connectivity index (χ1n) is 11.9. The molecule has 3 rings (SSSR count). The zero-order valence-corrected chi connectivity index (χ0v) is 20.0. The molecule has 3 aliphatic rings. The fraction of sp³-hybridized carbons (Fsp3) is 0.667. The van der Waals surface area contributed by atoms with Gasteiger partial charge >= 0.3 is 5.97 Å². The van der Waals surface area contributed by atoms with E-state index < -0.39 is 84.8 Å². The van der Waals surface area contributed by atoms with Gasteiger partial charge < -0.3 is 47.8 Å². The molecule has 3 heterocycles. The molecule has 0 aromatic carbocycles. The standard InChI is InChI=1S/C21H32N8O8/c22-21(23)24-5-1-2-10-17(34)25-8-14(31)26-11(7-15(32)33)18(35)28-16-13(30)6-9-3-4-12(19(36)27-10)29(9)20(16)37/h9-13,16,30H,1-8H2,(H,25,34)(H,26,31)(H,27,36)(H,28,35)(H,32,33)(H4,22,23,24)/t9?,10-,11-,12-,13+,16+/m0/s1. The van der Waals surface area contributed by atoms with Gasteiger partial charge in [-0.15, -0.1) is 0 Å². The Labute approximate surface area is 211 Å². The van der Waals surface area contributed by atoms with Crippen molar-refractivity contribution < 1.29 is 39.0 Å². The fourth-order valence-electron chi connectivity index (χ4n) is 4.82. The van der Waals surface area contributed by atoms with Gasteiger partial charge in [0.15, 0.2) is 5.96 Å². The number of amides is 5. The van der Waals surface area contributed by atoms with Crippen LogP contribution in [0.4, 0.5) is 0 Å². The van der Waals surface area contributed by atoms with E-state index in [4.69, 9.17) is 11.5 Å². The van der Waals surface area contributed by atoms with Gasteiger partial charge in [0, 0.05) is 12.6 Å². The van der Waals surface area contributed by atoms with E-state index in [1.54, 1.807) is 0 Å². The first kappa shape index (κ1) is 27.6. The van der Waals surface area contributed by atoms with Crippen LogP contribution in [0.5, 0.6) is 0 Å². The number of rotatable bonds is 6. The number of guanidine groups is 1. The van der Waals surface area contributed by atoms with Crippen molar-refractivity contribution in [3.63, 3.8) is 0 Å². The predicted molar refractivity (Wildman–Crippen MR) is 125 cm³/mol. The molecule has 204 valence electrons. The average molecular weight is 525 g/mol. The molecule has 0 saturated carbocycles. The van der Waals surface area contributed by atoms with Crippen molar-refractivity contribution in [1.29, 1.82) is 0 Å². The number of aliphatic imine (C=N–C) groups is 1. The lowest BCUT2D eigenvalue weighted by atomic mass is 9.94. The number of carbonyl (C=O) groups excluding carboxylic acids is 5. The van der Waals surface area contributed by atoms with E-state index in [2.05, 4.69) is 26.3 Å². The van der Waals surface area contributed by atoms with E-state index in [1.807, 2.05) is 0 Å². The summed E-state index contributed by atoms with van der Waals surface area (Å²) in [6, 6.07) is -5.50. The van der Waals surface area contributed by atoms with Crippen LogP contribution in [0.15, 0.2) is 4.99 Å². The fourth-order valence-corrected chi connectivity index (χ4v) is 4.82. The molecule has 16 nitrogen and oxygen atoms in total. The van der Waals surface area contributed by atoms with E-state index in [9.17, 15) is 39.0 Å². The SMILES string of the molecule is NC(N)=NCCC[C@@H]1NC(=O)[C@@H]2CCC3C[C@@H](O)[C@@H](NC(=O)[C@H](CC(=O)O)NC(=O)CNC1=O)C(=O)N32. The lowest BCUT2D eigenvalue weighted by Gasteiger charge is -2.40. The minimum Gasteiger partial charge on any atom is -0.481 e. The van der Waals surface area contributed by atoms with Crippen LogP contribution in [0, 0.1) is 0 Å². The quantitative estimate of drug-likeness (QED) is 0.0934. The molecule has 10 N–H and O–H groups in total. The zero-order chi connectivity index (χ0) is 27.3. The molecule has 0 aromatic heterocycles. The van der Waals surface area contributed by atoms with Crippen molar-refractivity contribution in [2.75, 3.05) is 13.1 Å². The van der Waals surface area contributed by atoms with E-state index >= 15 is 0 Å². The number of nitrogens with two attached hydrogens (primary N) is 2. The Morgan fingerprint density at radius 2 is 1.73 bits per heavy atom. The van der Waals surface area contributed by atoms with Crippen LogP contribution in [0.1, 0.15) is 38.5 Å². The minimum absolute atomic E-state index is 0.0822. The number of carboxylic acids is 1. The Bertz CT molecular complexity index is 984. The van der Waals surface area contributed by atoms with Gasteiger partial charge in [0.05, 0.1) is 19.1 Å². The molecule has 5 amide bonds.